The lowest BCUT2D eigenvalue weighted by molar-refractivity contribution is -0.119. The molecular formula is C18H23N3O5S. The Morgan fingerprint density at radius 1 is 1.11 bits per heavy atom. The standard InChI is InChI=1S/C18H23N3O5S/c1-18(2,3)21-27(24,25)15-10-9-14(26-15)17(23)20-13(16(19)22)11-12-7-5-4-6-8-12/h4-10,13,21H,11H2,1-3H3,(H2,19,22)(H,20,23). The second-order valence-electron chi connectivity index (χ2n) is 7.09. The van der Waals surface area contributed by atoms with Crippen LogP contribution in [0.2, 0.25) is 0 Å². The molecule has 1 unspecified atom stereocenters. The zero-order chi connectivity index (χ0) is 20.2. The fraction of sp³-hybridized carbons (Fsp3) is 0.333. The van der Waals surface area contributed by atoms with Crippen LogP contribution in [-0.2, 0) is 21.2 Å². The molecular weight excluding hydrogens is 370 g/mol. The van der Waals surface area contributed by atoms with Crippen molar-refractivity contribution in [3.8, 4) is 0 Å². The van der Waals surface area contributed by atoms with Crippen LogP contribution in [0.1, 0.15) is 36.9 Å². The third kappa shape index (κ3) is 5.93. The van der Waals surface area contributed by atoms with Gasteiger partial charge in [0.05, 0.1) is 0 Å². The molecule has 8 nitrogen and oxygen atoms in total. The first kappa shape index (κ1) is 20.7. The Kier molecular flexibility index (Phi) is 6.07. The van der Waals surface area contributed by atoms with E-state index in [2.05, 4.69) is 10.0 Å². The lowest BCUT2D eigenvalue weighted by Crippen LogP contribution is -2.45. The van der Waals surface area contributed by atoms with Gasteiger partial charge in [0.15, 0.2) is 5.76 Å². The van der Waals surface area contributed by atoms with Gasteiger partial charge in [-0.1, -0.05) is 30.3 Å². The van der Waals surface area contributed by atoms with Gasteiger partial charge in [0, 0.05) is 12.0 Å². The van der Waals surface area contributed by atoms with Crippen LogP contribution in [0.25, 0.3) is 0 Å². The highest BCUT2D eigenvalue weighted by molar-refractivity contribution is 7.89. The quantitative estimate of drug-likeness (QED) is 0.650. The fourth-order valence-electron chi connectivity index (χ4n) is 2.34. The summed E-state index contributed by atoms with van der Waals surface area (Å²) in [6.45, 7) is 5.05. The number of primary amides is 1. The van der Waals surface area contributed by atoms with Crippen molar-refractivity contribution >= 4 is 21.8 Å². The zero-order valence-corrected chi connectivity index (χ0v) is 16.2. The van der Waals surface area contributed by atoms with E-state index in [0.29, 0.717) is 0 Å². The van der Waals surface area contributed by atoms with Crippen molar-refractivity contribution in [3.05, 3.63) is 53.8 Å². The first-order chi connectivity index (χ1) is 12.5. The van der Waals surface area contributed by atoms with Gasteiger partial charge in [-0.25, -0.2) is 13.1 Å². The Morgan fingerprint density at radius 3 is 2.30 bits per heavy atom. The molecule has 1 atom stereocenters. The van der Waals surface area contributed by atoms with E-state index in [0.717, 1.165) is 5.56 Å². The molecule has 9 heteroatoms. The SMILES string of the molecule is CC(C)(C)NS(=O)(=O)c1ccc(C(=O)NC(Cc2ccccc2)C(N)=O)o1. The fourth-order valence-corrected chi connectivity index (χ4v) is 3.70. The number of amides is 2. The number of nitrogens with two attached hydrogens (primary N) is 1. The first-order valence-electron chi connectivity index (χ1n) is 8.26. The van der Waals surface area contributed by atoms with Gasteiger partial charge in [-0.15, -0.1) is 0 Å². The molecule has 4 N–H and O–H groups in total. The van der Waals surface area contributed by atoms with Crippen LogP contribution in [0.4, 0.5) is 0 Å². The molecule has 2 aromatic rings. The van der Waals surface area contributed by atoms with Crippen molar-refractivity contribution in [2.24, 2.45) is 5.73 Å². The Hall–Kier alpha value is -2.65. The molecule has 1 aromatic carbocycles. The maximum Gasteiger partial charge on any atom is 0.287 e. The summed E-state index contributed by atoms with van der Waals surface area (Å²) in [7, 11) is -3.91. The number of carbonyl (C=O) groups excluding carboxylic acids is 2. The average molecular weight is 393 g/mol. The first-order valence-corrected chi connectivity index (χ1v) is 9.74. The number of benzene rings is 1. The molecule has 0 saturated carbocycles. The normalized spacial score (nSPS) is 13.1. The van der Waals surface area contributed by atoms with E-state index in [4.69, 9.17) is 10.2 Å². The van der Waals surface area contributed by atoms with Gasteiger partial charge in [0.2, 0.25) is 11.0 Å². The summed E-state index contributed by atoms with van der Waals surface area (Å²) in [4.78, 5) is 24.0. The van der Waals surface area contributed by atoms with Crippen molar-refractivity contribution < 1.29 is 22.4 Å². The number of hydrogen-bond donors (Lipinski definition) is 3. The highest BCUT2D eigenvalue weighted by Gasteiger charge is 2.27. The molecule has 2 amide bonds. The number of furan rings is 1. The Balaban J connectivity index is 2.13. The molecule has 0 aliphatic heterocycles. The van der Waals surface area contributed by atoms with E-state index in [1.165, 1.54) is 12.1 Å². The van der Waals surface area contributed by atoms with Crippen molar-refractivity contribution in [1.29, 1.82) is 0 Å². The van der Waals surface area contributed by atoms with E-state index in [1.807, 2.05) is 6.07 Å². The van der Waals surface area contributed by atoms with Crippen LogP contribution in [0, 0.1) is 0 Å². The second-order valence-corrected chi connectivity index (χ2v) is 8.71. The maximum absolute atomic E-state index is 12.3. The summed E-state index contributed by atoms with van der Waals surface area (Å²) in [5.41, 5.74) is 5.48. The summed E-state index contributed by atoms with van der Waals surface area (Å²) in [6.07, 6.45) is 0.208. The van der Waals surface area contributed by atoms with Crippen molar-refractivity contribution in [2.75, 3.05) is 0 Å². The van der Waals surface area contributed by atoms with Crippen LogP contribution in [-0.4, -0.2) is 31.8 Å². The summed E-state index contributed by atoms with van der Waals surface area (Å²) in [6, 6.07) is 10.5. The Labute approximate surface area is 158 Å². The predicted octanol–water partition coefficient (Wildman–Crippen LogP) is 1.18. The zero-order valence-electron chi connectivity index (χ0n) is 15.4. The summed E-state index contributed by atoms with van der Waals surface area (Å²) in [5, 5.41) is 2.08. The van der Waals surface area contributed by atoms with Crippen LogP contribution in [0.15, 0.2) is 52.0 Å². The van der Waals surface area contributed by atoms with E-state index >= 15 is 0 Å². The van der Waals surface area contributed by atoms with Crippen LogP contribution < -0.4 is 15.8 Å². The minimum atomic E-state index is -3.91. The van der Waals surface area contributed by atoms with E-state index < -0.39 is 33.4 Å². The molecule has 27 heavy (non-hydrogen) atoms. The van der Waals surface area contributed by atoms with Crippen LogP contribution in [0.3, 0.4) is 0 Å². The maximum atomic E-state index is 12.3. The highest BCUT2D eigenvalue weighted by atomic mass is 32.2. The minimum absolute atomic E-state index is 0.208. The molecule has 1 aromatic heterocycles. The number of nitrogens with one attached hydrogen (secondary N) is 2. The van der Waals surface area contributed by atoms with Crippen molar-refractivity contribution in [3.63, 3.8) is 0 Å². The van der Waals surface area contributed by atoms with Crippen molar-refractivity contribution in [2.45, 2.75) is 43.9 Å². The van der Waals surface area contributed by atoms with E-state index in [1.54, 1.807) is 45.0 Å². The van der Waals surface area contributed by atoms with Crippen LogP contribution >= 0.6 is 0 Å². The lowest BCUT2D eigenvalue weighted by Gasteiger charge is -2.19. The van der Waals surface area contributed by atoms with Crippen LogP contribution in [0.5, 0.6) is 0 Å². The highest BCUT2D eigenvalue weighted by Crippen LogP contribution is 2.16. The van der Waals surface area contributed by atoms with Crippen molar-refractivity contribution in [1.82, 2.24) is 10.0 Å². The molecule has 0 aliphatic carbocycles. The Morgan fingerprint density at radius 2 is 1.74 bits per heavy atom. The monoisotopic (exact) mass is 393 g/mol. The molecule has 0 aliphatic rings. The lowest BCUT2D eigenvalue weighted by atomic mass is 10.1. The molecule has 0 saturated heterocycles. The topological polar surface area (TPSA) is 132 Å². The number of carbonyl (C=O) groups is 2. The number of sulfonamides is 1. The molecule has 0 radical (unpaired) electrons. The Bertz CT molecular complexity index is 914. The number of hydrogen-bond acceptors (Lipinski definition) is 5. The van der Waals surface area contributed by atoms with E-state index in [-0.39, 0.29) is 17.3 Å². The van der Waals surface area contributed by atoms with Gasteiger partial charge >= 0.3 is 0 Å². The largest absolute Gasteiger partial charge is 0.438 e. The van der Waals surface area contributed by atoms with Gasteiger partial charge in [-0.05, 0) is 38.5 Å². The molecule has 2 rings (SSSR count). The second kappa shape index (κ2) is 7.93. The molecule has 1 heterocycles. The average Bonchev–Trinajstić information content (AvgIpc) is 3.04. The predicted molar refractivity (Wildman–Crippen MR) is 99.4 cm³/mol. The van der Waals surface area contributed by atoms with Gasteiger partial charge in [-0.2, -0.15) is 0 Å². The molecule has 0 fully saturated rings. The van der Waals surface area contributed by atoms with Gasteiger partial charge in [0.1, 0.15) is 6.04 Å². The summed E-state index contributed by atoms with van der Waals surface area (Å²) in [5.74, 6) is -1.67. The summed E-state index contributed by atoms with van der Waals surface area (Å²) >= 11 is 0. The smallest absolute Gasteiger partial charge is 0.287 e. The minimum Gasteiger partial charge on any atom is -0.438 e. The molecule has 0 bridgehead atoms. The third-order valence-corrected chi connectivity index (χ3v) is 5.07. The van der Waals surface area contributed by atoms with Gasteiger partial charge in [-0.3, -0.25) is 9.59 Å². The molecule has 146 valence electrons. The van der Waals surface area contributed by atoms with Gasteiger partial charge < -0.3 is 15.5 Å². The number of rotatable bonds is 7. The molecule has 0 spiro atoms. The van der Waals surface area contributed by atoms with Gasteiger partial charge in [0.25, 0.3) is 15.9 Å². The summed E-state index contributed by atoms with van der Waals surface area (Å²) < 4.78 is 32.1. The van der Waals surface area contributed by atoms with E-state index in [9.17, 15) is 18.0 Å². The third-order valence-electron chi connectivity index (χ3n) is 3.44.